The van der Waals surface area contributed by atoms with E-state index >= 15 is 0 Å². The first-order chi connectivity index (χ1) is 12.9. The lowest BCUT2D eigenvalue weighted by Crippen LogP contribution is -2.04. The van der Waals surface area contributed by atoms with Crippen molar-refractivity contribution in [2.45, 2.75) is 13.5 Å². The second-order valence-electron chi connectivity index (χ2n) is 5.66. The van der Waals surface area contributed by atoms with Crippen LogP contribution in [-0.2, 0) is 6.54 Å². The topological polar surface area (TPSA) is 75.1 Å². The number of hydrogen-bond donors (Lipinski definition) is 2. The Bertz CT molecular complexity index is 898. The molecule has 0 bridgehead atoms. The molecule has 0 saturated heterocycles. The summed E-state index contributed by atoms with van der Waals surface area (Å²) in [6, 6.07) is 14.7. The minimum absolute atomic E-state index is 0.122. The van der Waals surface area contributed by atoms with Crippen LogP contribution in [0.1, 0.15) is 21.7 Å². The molecule has 3 aromatic rings. The van der Waals surface area contributed by atoms with Gasteiger partial charge in [-0.3, -0.25) is 0 Å². The Morgan fingerprint density at radius 2 is 1.74 bits per heavy atom. The lowest BCUT2D eigenvalue weighted by atomic mass is 10.1. The summed E-state index contributed by atoms with van der Waals surface area (Å²) in [7, 11) is 1.88. The number of hydrogen-bond acceptors (Lipinski definition) is 4. The van der Waals surface area contributed by atoms with Crippen molar-refractivity contribution in [2.75, 3.05) is 7.05 Å². The van der Waals surface area contributed by atoms with Gasteiger partial charge in [0.15, 0.2) is 0 Å². The average Bonchev–Trinajstić information content (AvgIpc) is 2.62. The van der Waals surface area contributed by atoms with E-state index in [2.05, 4.69) is 15.3 Å². The Labute approximate surface area is 168 Å². The van der Waals surface area contributed by atoms with E-state index in [9.17, 15) is 4.79 Å². The summed E-state index contributed by atoms with van der Waals surface area (Å²) in [6.07, 6.45) is 1.34. The molecule has 1 heterocycles. The predicted molar refractivity (Wildman–Crippen MR) is 108 cm³/mol. The molecular formula is C20H19Cl2N3O2. The number of aryl methyl sites for hydroxylation is 1. The van der Waals surface area contributed by atoms with Gasteiger partial charge in [-0.15, -0.1) is 0 Å². The second-order valence-corrected chi connectivity index (χ2v) is 6.53. The summed E-state index contributed by atoms with van der Waals surface area (Å²) in [5.74, 6) is -0.456. The van der Waals surface area contributed by atoms with Crippen molar-refractivity contribution < 1.29 is 9.90 Å². The summed E-state index contributed by atoms with van der Waals surface area (Å²) in [5, 5.41) is 13.4. The molecule has 27 heavy (non-hydrogen) atoms. The number of aromatic nitrogens is 2. The van der Waals surface area contributed by atoms with E-state index in [4.69, 9.17) is 28.3 Å². The van der Waals surface area contributed by atoms with Crippen molar-refractivity contribution in [2.24, 2.45) is 0 Å². The van der Waals surface area contributed by atoms with Crippen molar-refractivity contribution in [3.05, 3.63) is 81.7 Å². The van der Waals surface area contributed by atoms with E-state index in [1.165, 1.54) is 6.20 Å². The summed E-state index contributed by atoms with van der Waals surface area (Å²) < 4.78 is 0. The monoisotopic (exact) mass is 403 g/mol. The van der Waals surface area contributed by atoms with Gasteiger partial charge in [0.25, 0.3) is 0 Å². The molecule has 0 amide bonds. The van der Waals surface area contributed by atoms with Gasteiger partial charge in [0.1, 0.15) is 11.4 Å². The fourth-order valence-electron chi connectivity index (χ4n) is 2.36. The van der Waals surface area contributed by atoms with Gasteiger partial charge in [-0.25, -0.2) is 14.8 Å². The van der Waals surface area contributed by atoms with E-state index in [0.717, 1.165) is 17.7 Å². The third-order valence-corrected chi connectivity index (χ3v) is 3.93. The van der Waals surface area contributed by atoms with Gasteiger partial charge in [0.05, 0.1) is 5.69 Å². The first-order valence-electron chi connectivity index (χ1n) is 8.12. The van der Waals surface area contributed by atoms with Gasteiger partial charge in [-0.1, -0.05) is 53.5 Å². The van der Waals surface area contributed by atoms with Crippen LogP contribution >= 0.6 is 23.2 Å². The Morgan fingerprint density at radius 3 is 2.30 bits per heavy atom. The highest BCUT2D eigenvalue weighted by Crippen LogP contribution is 2.21. The summed E-state index contributed by atoms with van der Waals surface area (Å²) in [4.78, 5) is 19.1. The number of aromatic carboxylic acids is 1. The number of nitrogens with one attached hydrogen (secondary N) is 1. The molecule has 2 N–H and O–H groups in total. The minimum Gasteiger partial charge on any atom is -0.478 e. The van der Waals surface area contributed by atoms with Crippen molar-refractivity contribution in [1.29, 1.82) is 0 Å². The maximum absolute atomic E-state index is 11.0. The average molecular weight is 404 g/mol. The standard InChI is InChI=1S/C12H10N2O2.C8H9Cl2N/c1-8-13-7-10(12(15)16)11(14-8)9-5-3-2-4-6-9;1-11-5-6-2-7(9)4-8(10)3-6/h2-7H,1H3,(H,15,16);2-4,11H,5H2,1H3. The van der Waals surface area contributed by atoms with Gasteiger partial charge < -0.3 is 10.4 Å². The molecule has 1 aromatic heterocycles. The van der Waals surface area contributed by atoms with Gasteiger partial charge in [0.2, 0.25) is 0 Å². The highest BCUT2D eigenvalue weighted by molar-refractivity contribution is 6.34. The molecular weight excluding hydrogens is 385 g/mol. The van der Waals surface area contributed by atoms with Crippen LogP contribution in [0.5, 0.6) is 0 Å². The SMILES string of the molecule is CNCc1cc(Cl)cc(Cl)c1.Cc1ncc(C(=O)O)c(-c2ccccc2)n1. The lowest BCUT2D eigenvalue weighted by Gasteiger charge is -2.05. The van der Waals surface area contributed by atoms with Crippen LogP contribution < -0.4 is 5.32 Å². The third-order valence-electron chi connectivity index (χ3n) is 3.49. The number of carboxylic acid groups (broad SMARTS) is 1. The molecule has 0 fully saturated rings. The van der Waals surface area contributed by atoms with Crippen LogP contribution in [0.4, 0.5) is 0 Å². The highest BCUT2D eigenvalue weighted by Gasteiger charge is 2.13. The van der Waals surface area contributed by atoms with Crippen molar-refractivity contribution in [3.8, 4) is 11.3 Å². The Balaban J connectivity index is 0.000000208. The minimum atomic E-state index is -1.01. The molecule has 0 aliphatic heterocycles. The van der Waals surface area contributed by atoms with Crippen molar-refractivity contribution in [3.63, 3.8) is 0 Å². The van der Waals surface area contributed by atoms with Crippen LogP contribution in [0.2, 0.25) is 10.0 Å². The Hall–Kier alpha value is -2.47. The number of nitrogens with zero attached hydrogens (tertiary/aromatic N) is 2. The smallest absolute Gasteiger partial charge is 0.339 e. The first-order valence-corrected chi connectivity index (χ1v) is 8.88. The van der Waals surface area contributed by atoms with E-state index in [0.29, 0.717) is 21.6 Å². The molecule has 2 aromatic carbocycles. The van der Waals surface area contributed by atoms with Gasteiger partial charge in [-0.05, 0) is 37.7 Å². The molecule has 5 nitrogen and oxygen atoms in total. The number of halogens is 2. The maximum atomic E-state index is 11.0. The first kappa shape index (κ1) is 20.8. The fraction of sp³-hybridized carbons (Fsp3) is 0.150. The fourth-order valence-corrected chi connectivity index (χ4v) is 2.93. The third kappa shape index (κ3) is 6.32. The van der Waals surface area contributed by atoms with Gasteiger partial charge >= 0.3 is 5.97 Å². The zero-order valence-corrected chi connectivity index (χ0v) is 16.4. The molecule has 0 radical (unpaired) electrons. The molecule has 0 unspecified atom stereocenters. The maximum Gasteiger partial charge on any atom is 0.339 e. The van der Waals surface area contributed by atoms with Crippen LogP contribution in [0.25, 0.3) is 11.3 Å². The molecule has 0 aliphatic carbocycles. The molecule has 0 aliphatic rings. The quantitative estimate of drug-likeness (QED) is 0.650. The molecule has 3 rings (SSSR count). The van der Waals surface area contributed by atoms with E-state index < -0.39 is 5.97 Å². The van der Waals surface area contributed by atoms with Crippen molar-refractivity contribution in [1.82, 2.24) is 15.3 Å². The Morgan fingerprint density at radius 1 is 1.11 bits per heavy atom. The van der Waals surface area contributed by atoms with Gasteiger partial charge in [0, 0.05) is 28.4 Å². The Kier molecular flexibility index (Phi) is 7.73. The van der Waals surface area contributed by atoms with Crippen molar-refractivity contribution >= 4 is 29.2 Å². The zero-order valence-electron chi connectivity index (χ0n) is 14.9. The van der Waals surface area contributed by atoms with Crippen LogP contribution in [-0.4, -0.2) is 28.1 Å². The predicted octanol–water partition coefficient (Wildman–Crippen LogP) is 4.86. The largest absolute Gasteiger partial charge is 0.478 e. The second kappa shape index (κ2) is 10.0. The number of rotatable bonds is 4. The lowest BCUT2D eigenvalue weighted by molar-refractivity contribution is 0.0697. The summed E-state index contributed by atoms with van der Waals surface area (Å²) in [5.41, 5.74) is 2.47. The normalized spacial score (nSPS) is 10.1. The molecule has 0 spiro atoms. The zero-order chi connectivity index (χ0) is 19.8. The number of benzene rings is 2. The van der Waals surface area contributed by atoms with Crippen LogP contribution in [0, 0.1) is 6.92 Å². The highest BCUT2D eigenvalue weighted by atomic mass is 35.5. The van der Waals surface area contributed by atoms with E-state index in [-0.39, 0.29) is 5.56 Å². The molecule has 7 heteroatoms. The summed E-state index contributed by atoms with van der Waals surface area (Å²) in [6.45, 7) is 2.53. The van der Waals surface area contributed by atoms with Crippen LogP contribution in [0.15, 0.2) is 54.7 Å². The van der Waals surface area contributed by atoms with E-state index in [1.54, 1.807) is 13.0 Å². The molecule has 140 valence electrons. The molecule has 0 saturated carbocycles. The number of carbonyl (C=O) groups is 1. The number of carboxylic acids is 1. The van der Waals surface area contributed by atoms with Gasteiger partial charge in [-0.2, -0.15) is 0 Å². The van der Waals surface area contributed by atoms with Crippen LogP contribution in [0.3, 0.4) is 0 Å². The summed E-state index contributed by atoms with van der Waals surface area (Å²) >= 11 is 11.5. The molecule has 0 atom stereocenters. The van der Waals surface area contributed by atoms with E-state index in [1.807, 2.05) is 49.5 Å².